The average Bonchev–Trinajstić information content (AvgIpc) is 2.99. The highest BCUT2D eigenvalue weighted by Gasteiger charge is 2.50. The predicted molar refractivity (Wildman–Crippen MR) is 147 cm³/mol. The van der Waals surface area contributed by atoms with E-state index in [1.807, 2.05) is 67.6 Å². The molecule has 2 aliphatic rings. The van der Waals surface area contributed by atoms with Crippen molar-refractivity contribution in [1.29, 1.82) is 0 Å². The lowest BCUT2D eigenvalue weighted by atomic mass is 9.78. The highest BCUT2D eigenvalue weighted by atomic mass is 16.7. The van der Waals surface area contributed by atoms with E-state index in [-0.39, 0.29) is 25.7 Å². The molecule has 224 valence electrons. The summed E-state index contributed by atoms with van der Waals surface area (Å²) < 4.78 is 22.8. The van der Waals surface area contributed by atoms with Crippen molar-refractivity contribution in [2.45, 2.75) is 82.8 Å². The summed E-state index contributed by atoms with van der Waals surface area (Å²) in [5.41, 5.74) is 1.66. The number of nitrogens with one attached hydrogen (secondary N) is 2. The molecule has 5 N–H and O–H groups in total. The molecular formula is C30H40N2O9. The Kier molecular flexibility index (Phi) is 10.9. The van der Waals surface area contributed by atoms with Gasteiger partial charge < -0.3 is 44.9 Å². The molecule has 11 heteroatoms. The van der Waals surface area contributed by atoms with Crippen LogP contribution in [0.3, 0.4) is 0 Å². The van der Waals surface area contributed by atoms with Crippen molar-refractivity contribution in [1.82, 2.24) is 10.6 Å². The average molecular weight is 573 g/mol. The Morgan fingerprint density at radius 2 is 1.41 bits per heavy atom. The zero-order valence-electron chi connectivity index (χ0n) is 23.3. The van der Waals surface area contributed by atoms with Crippen molar-refractivity contribution in [2.75, 3.05) is 6.54 Å². The zero-order valence-corrected chi connectivity index (χ0v) is 23.3. The van der Waals surface area contributed by atoms with E-state index >= 15 is 0 Å². The first-order valence-electron chi connectivity index (χ1n) is 14.0. The van der Waals surface area contributed by atoms with Crippen LogP contribution in [0.25, 0.3) is 0 Å². The predicted octanol–water partition coefficient (Wildman–Crippen LogP) is 2.47. The van der Waals surface area contributed by atoms with Gasteiger partial charge in [0.25, 0.3) is 0 Å². The van der Waals surface area contributed by atoms with Crippen LogP contribution in [0.1, 0.15) is 37.8 Å². The third-order valence-electron chi connectivity index (χ3n) is 7.70. The van der Waals surface area contributed by atoms with Crippen LogP contribution in [0.4, 0.5) is 9.59 Å². The highest BCUT2D eigenvalue weighted by molar-refractivity contribution is 5.68. The molecule has 2 fully saturated rings. The van der Waals surface area contributed by atoms with E-state index in [0.29, 0.717) is 12.8 Å². The molecule has 1 aliphatic heterocycles. The summed E-state index contributed by atoms with van der Waals surface area (Å²) in [6, 6.07) is 17.4. The minimum atomic E-state index is -1.41. The minimum Gasteiger partial charge on any atom is -0.445 e. The first-order chi connectivity index (χ1) is 19.7. The molecule has 41 heavy (non-hydrogen) atoms. The van der Waals surface area contributed by atoms with E-state index in [4.69, 9.17) is 18.9 Å². The summed E-state index contributed by atoms with van der Waals surface area (Å²) >= 11 is 0. The summed E-state index contributed by atoms with van der Waals surface area (Å²) in [5, 5.41) is 37.8. The summed E-state index contributed by atoms with van der Waals surface area (Å²) in [7, 11) is 0. The number of hydrogen-bond acceptors (Lipinski definition) is 9. The van der Waals surface area contributed by atoms with Crippen LogP contribution in [0.2, 0.25) is 0 Å². The molecule has 11 nitrogen and oxygen atoms in total. The molecule has 1 heterocycles. The molecular weight excluding hydrogens is 532 g/mol. The molecule has 0 aromatic heterocycles. The third kappa shape index (κ3) is 8.40. The molecule has 4 rings (SSSR count). The molecule has 2 amide bonds. The third-order valence-corrected chi connectivity index (χ3v) is 7.70. The zero-order chi connectivity index (χ0) is 29.4. The number of ether oxygens (including phenoxy) is 4. The van der Waals surface area contributed by atoms with Crippen molar-refractivity contribution in [3.05, 3.63) is 71.8 Å². The Balaban J connectivity index is 1.33. The van der Waals surface area contributed by atoms with Crippen molar-refractivity contribution >= 4 is 12.2 Å². The molecule has 2 aromatic rings. The van der Waals surface area contributed by atoms with Crippen LogP contribution >= 0.6 is 0 Å². The van der Waals surface area contributed by atoms with Crippen molar-refractivity contribution < 1.29 is 43.9 Å². The second-order valence-corrected chi connectivity index (χ2v) is 10.8. The summed E-state index contributed by atoms with van der Waals surface area (Å²) in [5.74, 6) is -0.837. The van der Waals surface area contributed by atoms with E-state index in [1.54, 1.807) is 6.92 Å². The number of alkyl carbamates (subject to hydrolysis) is 2. The van der Waals surface area contributed by atoms with Crippen LogP contribution in [0, 0.1) is 11.8 Å². The first-order valence-corrected chi connectivity index (χ1v) is 14.0. The summed E-state index contributed by atoms with van der Waals surface area (Å²) in [6.45, 7) is 3.85. The summed E-state index contributed by atoms with van der Waals surface area (Å²) in [4.78, 5) is 24.8. The van der Waals surface area contributed by atoms with Gasteiger partial charge in [0.15, 0.2) is 6.29 Å². The van der Waals surface area contributed by atoms with E-state index in [2.05, 4.69) is 10.6 Å². The van der Waals surface area contributed by atoms with Gasteiger partial charge >= 0.3 is 12.2 Å². The van der Waals surface area contributed by atoms with Crippen LogP contribution in [0.15, 0.2) is 60.7 Å². The number of carbonyl (C=O) groups excluding carboxylic acids is 2. The van der Waals surface area contributed by atoms with E-state index in [0.717, 1.165) is 11.1 Å². The van der Waals surface area contributed by atoms with Gasteiger partial charge in [-0.25, -0.2) is 9.59 Å². The Morgan fingerprint density at radius 3 is 2.02 bits per heavy atom. The number of aliphatic hydroxyl groups is 3. The molecule has 0 bridgehead atoms. The molecule has 1 saturated heterocycles. The fourth-order valence-electron chi connectivity index (χ4n) is 5.09. The molecule has 5 unspecified atom stereocenters. The van der Waals surface area contributed by atoms with Gasteiger partial charge in [-0.2, -0.15) is 0 Å². The second-order valence-electron chi connectivity index (χ2n) is 10.8. The van der Waals surface area contributed by atoms with E-state index in [9.17, 15) is 24.9 Å². The smallest absolute Gasteiger partial charge is 0.407 e. The van der Waals surface area contributed by atoms with E-state index < -0.39 is 61.0 Å². The Labute approximate surface area is 239 Å². The SMILES string of the molecule is CC1CCC(CNC(=O)OCc2ccccc2)O[C@@H]1OC1C(O)[C@@H](O)[C@H](C)C(O)[C@@H]1NC(=O)OCc1ccccc1. The summed E-state index contributed by atoms with van der Waals surface area (Å²) in [6.07, 6.45) is -6.33. The van der Waals surface area contributed by atoms with Crippen LogP contribution < -0.4 is 10.6 Å². The Hall–Kier alpha value is -3.22. The normalized spacial score (nSPS) is 31.6. The number of amides is 2. The topological polar surface area (TPSA) is 156 Å². The molecule has 0 radical (unpaired) electrons. The first kappa shape index (κ1) is 30.7. The fourth-order valence-corrected chi connectivity index (χ4v) is 5.09. The maximum Gasteiger partial charge on any atom is 0.407 e. The lowest BCUT2D eigenvalue weighted by Gasteiger charge is -2.47. The van der Waals surface area contributed by atoms with Gasteiger partial charge in [-0.1, -0.05) is 74.5 Å². The Bertz CT molecular complexity index is 1110. The van der Waals surface area contributed by atoms with Crippen molar-refractivity contribution in [2.24, 2.45) is 11.8 Å². The van der Waals surface area contributed by atoms with Gasteiger partial charge in [0.1, 0.15) is 25.4 Å². The fraction of sp³-hybridized carbons (Fsp3) is 0.533. The number of aliphatic hydroxyl groups excluding tert-OH is 3. The highest BCUT2D eigenvalue weighted by Crippen LogP contribution is 2.33. The molecule has 1 aliphatic carbocycles. The van der Waals surface area contributed by atoms with Crippen molar-refractivity contribution in [3.63, 3.8) is 0 Å². The quantitative estimate of drug-likeness (QED) is 0.305. The molecule has 1 saturated carbocycles. The number of carbonyl (C=O) groups is 2. The monoisotopic (exact) mass is 572 g/mol. The molecule has 9 atom stereocenters. The minimum absolute atomic E-state index is 0.0208. The maximum absolute atomic E-state index is 12.6. The number of rotatable bonds is 9. The lowest BCUT2D eigenvalue weighted by Crippen LogP contribution is -2.67. The van der Waals surface area contributed by atoms with Crippen LogP contribution in [-0.4, -0.2) is 76.9 Å². The maximum atomic E-state index is 12.6. The van der Waals surface area contributed by atoms with Gasteiger partial charge in [-0.15, -0.1) is 0 Å². The van der Waals surface area contributed by atoms with Gasteiger partial charge in [0.2, 0.25) is 0 Å². The second kappa shape index (κ2) is 14.6. The van der Waals surface area contributed by atoms with Gasteiger partial charge in [0.05, 0.1) is 24.4 Å². The van der Waals surface area contributed by atoms with E-state index in [1.165, 1.54) is 0 Å². The molecule has 0 spiro atoms. The van der Waals surface area contributed by atoms with Crippen LogP contribution in [0.5, 0.6) is 0 Å². The van der Waals surface area contributed by atoms with Gasteiger partial charge in [-0.3, -0.25) is 0 Å². The largest absolute Gasteiger partial charge is 0.445 e. The Morgan fingerprint density at radius 1 is 0.829 bits per heavy atom. The van der Waals surface area contributed by atoms with Gasteiger partial charge in [0, 0.05) is 18.4 Å². The number of hydrogen-bond donors (Lipinski definition) is 5. The molecule has 2 aromatic carbocycles. The lowest BCUT2D eigenvalue weighted by molar-refractivity contribution is -0.276. The van der Waals surface area contributed by atoms with Crippen molar-refractivity contribution in [3.8, 4) is 0 Å². The van der Waals surface area contributed by atoms with Crippen LogP contribution in [-0.2, 0) is 32.2 Å². The van der Waals surface area contributed by atoms with Gasteiger partial charge in [-0.05, 0) is 24.0 Å². The standard InChI is InChI=1S/C30H40N2O9/c1-18-13-14-22(15-31-29(36)38-16-20-9-5-3-6-10-20)40-28(18)41-27-23(24(33)19(2)25(34)26(27)35)32-30(37)39-17-21-11-7-4-8-12-21/h3-12,18-19,22-28,33-35H,13-17H2,1-2H3,(H,31,36)(H,32,37)/t18?,19-,22?,23+,24?,25+,26?,27?,28-/m1/s1. The number of benzene rings is 2.